The highest BCUT2D eigenvalue weighted by Gasteiger charge is 2.48. The zero-order valence-corrected chi connectivity index (χ0v) is 20.7. The van der Waals surface area contributed by atoms with E-state index in [0.29, 0.717) is 29.8 Å². The Balaban J connectivity index is 1.24. The van der Waals surface area contributed by atoms with Crippen molar-refractivity contribution in [2.75, 3.05) is 18.5 Å². The quantitative estimate of drug-likeness (QED) is 0.662. The van der Waals surface area contributed by atoms with Crippen LogP contribution in [0.4, 0.5) is 5.82 Å². The zero-order chi connectivity index (χ0) is 23.9. The molecule has 2 saturated heterocycles. The molecule has 0 spiro atoms. The third kappa shape index (κ3) is 4.54. The molecular weight excluding hydrogens is 454 g/mol. The van der Waals surface area contributed by atoms with Crippen molar-refractivity contribution in [3.8, 4) is 0 Å². The van der Waals surface area contributed by atoms with Gasteiger partial charge in [-0.2, -0.15) is 5.10 Å². The summed E-state index contributed by atoms with van der Waals surface area (Å²) < 4.78 is 5.49. The monoisotopic (exact) mass is 487 g/mol. The largest absolute Gasteiger partial charge is 0.368 e. The molecule has 1 aromatic heterocycles. The first-order valence-corrected chi connectivity index (χ1v) is 12.9. The van der Waals surface area contributed by atoms with Gasteiger partial charge < -0.3 is 15.4 Å². The van der Waals surface area contributed by atoms with Gasteiger partial charge in [-0.15, -0.1) is 0 Å². The van der Waals surface area contributed by atoms with Crippen molar-refractivity contribution in [1.29, 1.82) is 0 Å². The lowest BCUT2D eigenvalue weighted by molar-refractivity contribution is -0.131. The highest BCUT2D eigenvalue weighted by molar-refractivity contribution is 6.31. The van der Waals surface area contributed by atoms with Crippen molar-refractivity contribution in [1.82, 2.24) is 15.3 Å². The van der Waals surface area contributed by atoms with Crippen LogP contribution in [-0.4, -0.2) is 59.4 Å². The van der Waals surface area contributed by atoms with Crippen molar-refractivity contribution in [3.63, 3.8) is 0 Å². The molecule has 5 rings (SSSR count). The minimum atomic E-state index is -0.342. The number of nitrogens with zero attached hydrogens (tertiary/aromatic N) is 3. The van der Waals surface area contributed by atoms with E-state index in [2.05, 4.69) is 39.6 Å². The van der Waals surface area contributed by atoms with Crippen molar-refractivity contribution in [2.45, 2.75) is 82.4 Å². The molecule has 1 aliphatic carbocycles. The minimum Gasteiger partial charge on any atom is -0.368 e. The van der Waals surface area contributed by atoms with Crippen molar-refractivity contribution in [3.05, 3.63) is 22.8 Å². The summed E-state index contributed by atoms with van der Waals surface area (Å²) in [6, 6.07) is 2.16. The summed E-state index contributed by atoms with van der Waals surface area (Å²) in [7, 11) is 0. The number of amides is 2. The Morgan fingerprint density at radius 1 is 1.21 bits per heavy atom. The summed E-state index contributed by atoms with van der Waals surface area (Å²) in [4.78, 5) is 29.9. The van der Waals surface area contributed by atoms with E-state index in [1.54, 1.807) is 6.20 Å². The van der Waals surface area contributed by atoms with Crippen molar-refractivity contribution >= 4 is 35.4 Å². The Labute approximate surface area is 205 Å². The highest BCUT2D eigenvalue weighted by atomic mass is 35.5. The van der Waals surface area contributed by atoms with E-state index >= 15 is 0 Å². The van der Waals surface area contributed by atoms with E-state index < -0.39 is 0 Å². The van der Waals surface area contributed by atoms with Crippen molar-refractivity contribution < 1.29 is 14.3 Å². The topological polar surface area (TPSA) is 95.9 Å². The normalized spacial score (nSPS) is 34.8. The van der Waals surface area contributed by atoms with Crippen LogP contribution in [0.2, 0.25) is 5.02 Å². The first kappa shape index (κ1) is 23.5. The van der Waals surface area contributed by atoms with Gasteiger partial charge in [0.25, 0.3) is 0 Å². The summed E-state index contributed by atoms with van der Waals surface area (Å²) in [6.45, 7) is 6.01. The third-order valence-electron chi connectivity index (χ3n) is 7.95. The highest BCUT2D eigenvalue weighted by Crippen LogP contribution is 2.44. The molecule has 4 heterocycles. The molecule has 184 valence electrons. The van der Waals surface area contributed by atoms with Crippen LogP contribution < -0.4 is 10.6 Å². The molecule has 2 N–H and O–H groups in total. The maximum Gasteiger partial charge on any atom is 0.249 e. The predicted molar refractivity (Wildman–Crippen MR) is 131 cm³/mol. The molecule has 2 amide bonds. The standard InChI is InChI=1S/C25H34ClN5O3/c1-15-9-21-25(2,14-28-31(21)13-15)18-11-22(27-12-19(18)26)30-23(32)16-5-3-6-17(10-16)29-24(33)20-7-4-8-34-20/h11-12,14-17,20-21H,3-10,13H2,1-2H3,(H,29,33)(H,27,30,32)/t15?,16-,17+,20-,21?,25?/m0/s1. The number of halogens is 1. The van der Waals surface area contributed by atoms with Gasteiger partial charge in [-0.05, 0) is 63.0 Å². The molecule has 0 radical (unpaired) electrons. The molecule has 3 aliphatic heterocycles. The van der Waals surface area contributed by atoms with E-state index in [1.807, 2.05) is 12.3 Å². The average molecular weight is 488 g/mol. The molecule has 4 aliphatic rings. The summed E-state index contributed by atoms with van der Waals surface area (Å²) in [5, 5.41) is 13.5. The number of fused-ring (bicyclic) bond motifs is 1. The van der Waals surface area contributed by atoms with Gasteiger partial charge >= 0.3 is 0 Å². The lowest BCUT2D eigenvalue weighted by atomic mass is 9.76. The van der Waals surface area contributed by atoms with Gasteiger partial charge in [-0.1, -0.05) is 24.9 Å². The number of nitrogens with one attached hydrogen (secondary N) is 2. The van der Waals surface area contributed by atoms with E-state index in [9.17, 15) is 9.59 Å². The maximum absolute atomic E-state index is 13.1. The molecule has 6 atom stereocenters. The molecule has 9 heteroatoms. The number of aromatic nitrogens is 1. The Bertz CT molecular complexity index is 981. The Hall–Kier alpha value is -2.19. The van der Waals surface area contributed by atoms with Crippen LogP contribution in [0.1, 0.15) is 64.4 Å². The fourth-order valence-corrected chi connectivity index (χ4v) is 6.33. The van der Waals surface area contributed by atoms with Crippen LogP contribution in [0.5, 0.6) is 0 Å². The number of pyridine rings is 1. The van der Waals surface area contributed by atoms with Crippen LogP contribution in [0.15, 0.2) is 17.4 Å². The Kier molecular flexibility index (Phi) is 6.55. The van der Waals surface area contributed by atoms with E-state index in [4.69, 9.17) is 16.3 Å². The van der Waals surface area contributed by atoms with Gasteiger partial charge in [0, 0.05) is 37.5 Å². The Morgan fingerprint density at radius 3 is 2.85 bits per heavy atom. The number of hydrogen-bond acceptors (Lipinski definition) is 6. The van der Waals surface area contributed by atoms with Gasteiger partial charge in [0.05, 0.1) is 16.5 Å². The summed E-state index contributed by atoms with van der Waals surface area (Å²) in [6.07, 6.45) is 9.24. The van der Waals surface area contributed by atoms with Gasteiger partial charge in [-0.25, -0.2) is 4.98 Å². The fourth-order valence-electron chi connectivity index (χ4n) is 6.02. The molecule has 3 unspecified atom stereocenters. The molecule has 0 bridgehead atoms. The molecular formula is C25H34ClN5O3. The number of rotatable bonds is 5. The van der Waals surface area contributed by atoms with Crippen LogP contribution in [0, 0.1) is 11.8 Å². The van der Waals surface area contributed by atoms with E-state index in [0.717, 1.165) is 50.6 Å². The van der Waals surface area contributed by atoms with Crippen LogP contribution in [-0.2, 0) is 19.7 Å². The number of carbonyl (C=O) groups is 2. The summed E-state index contributed by atoms with van der Waals surface area (Å²) in [5.74, 6) is 0.822. The van der Waals surface area contributed by atoms with Gasteiger partial charge in [0.15, 0.2) is 0 Å². The smallest absolute Gasteiger partial charge is 0.249 e. The zero-order valence-electron chi connectivity index (χ0n) is 19.9. The number of ether oxygens (including phenoxy) is 1. The van der Waals surface area contributed by atoms with Gasteiger partial charge in [-0.3, -0.25) is 14.6 Å². The molecule has 1 saturated carbocycles. The molecule has 0 aromatic carbocycles. The summed E-state index contributed by atoms with van der Waals surface area (Å²) in [5.41, 5.74) is 0.613. The first-order chi connectivity index (χ1) is 16.3. The predicted octanol–water partition coefficient (Wildman–Crippen LogP) is 3.50. The van der Waals surface area contributed by atoms with Crippen molar-refractivity contribution in [2.24, 2.45) is 16.9 Å². The SMILES string of the molecule is CC1CC2N(C1)N=CC2(C)c1cc(NC(=O)[C@H]2CCC[C@@H](NC(=O)[C@@H]3CCCO3)C2)ncc1Cl. The lowest BCUT2D eigenvalue weighted by Crippen LogP contribution is -2.44. The molecule has 1 aromatic rings. The summed E-state index contributed by atoms with van der Waals surface area (Å²) >= 11 is 6.59. The molecule has 8 nitrogen and oxygen atoms in total. The number of carbonyl (C=O) groups excluding carboxylic acids is 2. The number of anilines is 1. The maximum atomic E-state index is 13.1. The van der Waals surface area contributed by atoms with Gasteiger partial charge in [0.1, 0.15) is 11.9 Å². The first-order valence-electron chi connectivity index (χ1n) is 12.5. The second-order valence-corrected chi connectivity index (χ2v) is 11.0. The van der Waals surface area contributed by atoms with Crippen LogP contribution in [0.25, 0.3) is 0 Å². The second kappa shape index (κ2) is 9.46. The Morgan fingerprint density at radius 2 is 2.06 bits per heavy atom. The van der Waals surface area contributed by atoms with E-state index in [-0.39, 0.29) is 41.3 Å². The minimum absolute atomic E-state index is 0.00103. The van der Waals surface area contributed by atoms with Gasteiger partial charge in [0.2, 0.25) is 11.8 Å². The average Bonchev–Trinajstić information content (AvgIpc) is 3.54. The number of hydrogen-bond donors (Lipinski definition) is 2. The van der Waals surface area contributed by atoms with Crippen LogP contribution in [0.3, 0.4) is 0 Å². The molecule has 3 fully saturated rings. The number of hydrazone groups is 1. The van der Waals surface area contributed by atoms with Crippen LogP contribution >= 0.6 is 11.6 Å². The molecule has 34 heavy (non-hydrogen) atoms. The lowest BCUT2D eigenvalue weighted by Gasteiger charge is -2.31. The van der Waals surface area contributed by atoms with E-state index in [1.165, 1.54) is 0 Å². The fraction of sp³-hybridized carbons (Fsp3) is 0.680. The third-order valence-corrected chi connectivity index (χ3v) is 8.25. The second-order valence-electron chi connectivity index (χ2n) is 10.6.